The van der Waals surface area contributed by atoms with Gasteiger partial charge in [-0.2, -0.15) is 0 Å². The Morgan fingerprint density at radius 2 is 2.30 bits per heavy atom. The molecule has 1 atom stereocenters. The van der Waals surface area contributed by atoms with Gasteiger partial charge >= 0.3 is 0 Å². The molecule has 0 spiro atoms. The van der Waals surface area contributed by atoms with Crippen LogP contribution in [0.25, 0.3) is 0 Å². The second kappa shape index (κ2) is 7.15. The van der Waals surface area contributed by atoms with Crippen LogP contribution in [0.4, 0.5) is 5.69 Å². The molecule has 1 saturated heterocycles. The van der Waals surface area contributed by atoms with Crippen molar-refractivity contribution in [2.45, 2.75) is 25.8 Å². The molecule has 1 aromatic carbocycles. The average molecular weight is 330 g/mol. The van der Waals surface area contributed by atoms with E-state index in [0.717, 1.165) is 30.6 Å². The van der Waals surface area contributed by atoms with Crippen molar-refractivity contribution in [2.24, 2.45) is 0 Å². The number of thiophene rings is 1. The van der Waals surface area contributed by atoms with Crippen molar-refractivity contribution in [3.63, 3.8) is 0 Å². The molecule has 2 heterocycles. The molecule has 3 rings (SSSR count). The molecule has 23 heavy (non-hydrogen) atoms. The first-order chi connectivity index (χ1) is 11.2. The summed E-state index contributed by atoms with van der Waals surface area (Å²) < 4.78 is 5.32. The fourth-order valence-corrected chi connectivity index (χ4v) is 4.01. The summed E-state index contributed by atoms with van der Waals surface area (Å²) in [5.74, 6) is 0.706. The molecule has 4 nitrogen and oxygen atoms in total. The number of benzene rings is 1. The second-order valence-corrected chi connectivity index (χ2v) is 6.88. The minimum atomic E-state index is 0.0114. The molecular weight excluding hydrogens is 308 g/mol. The number of amides is 1. The predicted octanol–water partition coefficient (Wildman–Crippen LogP) is 3.84. The number of aryl methyl sites for hydroxylation is 1. The summed E-state index contributed by atoms with van der Waals surface area (Å²) in [7, 11) is 1.62. The normalized spacial score (nSPS) is 18.1. The molecule has 122 valence electrons. The SMILES string of the molecule is COc1ccc(C)cc1NC(=O)CN1CCC[C@@H]1c1cccs1. The monoisotopic (exact) mass is 330 g/mol. The molecule has 0 bridgehead atoms. The van der Waals surface area contributed by atoms with Crippen LogP contribution < -0.4 is 10.1 Å². The fourth-order valence-electron chi connectivity index (χ4n) is 3.11. The van der Waals surface area contributed by atoms with Gasteiger partial charge in [-0.1, -0.05) is 12.1 Å². The van der Waals surface area contributed by atoms with Gasteiger partial charge < -0.3 is 10.1 Å². The van der Waals surface area contributed by atoms with E-state index in [1.165, 1.54) is 4.88 Å². The van der Waals surface area contributed by atoms with Crippen molar-refractivity contribution in [3.05, 3.63) is 46.2 Å². The number of carbonyl (C=O) groups is 1. The van der Waals surface area contributed by atoms with E-state index in [4.69, 9.17) is 4.74 Å². The number of methoxy groups -OCH3 is 1. The number of anilines is 1. The zero-order valence-electron chi connectivity index (χ0n) is 13.5. The highest BCUT2D eigenvalue weighted by molar-refractivity contribution is 7.10. The Bertz CT molecular complexity index is 670. The zero-order chi connectivity index (χ0) is 16.2. The van der Waals surface area contributed by atoms with Gasteiger partial charge in [-0.25, -0.2) is 0 Å². The molecule has 2 aromatic rings. The smallest absolute Gasteiger partial charge is 0.238 e. The molecule has 5 heteroatoms. The van der Waals surface area contributed by atoms with Crippen LogP contribution in [0.1, 0.15) is 29.3 Å². The van der Waals surface area contributed by atoms with E-state index in [2.05, 4.69) is 27.7 Å². The maximum absolute atomic E-state index is 12.5. The van der Waals surface area contributed by atoms with Crippen LogP contribution in [0.15, 0.2) is 35.7 Å². The highest BCUT2D eigenvalue weighted by Gasteiger charge is 2.28. The third-order valence-electron chi connectivity index (χ3n) is 4.21. The third-order valence-corrected chi connectivity index (χ3v) is 5.18. The Hall–Kier alpha value is -1.85. The summed E-state index contributed by atoms with van der Waals surface area (Å²) in [5.41, 5.74) is 1.84. The van der Waals surface area contributed by atoms with E-state index >= 15 is 0 Å². The lowest BCUT2D eigenvalue weighted by Crippen LogP contribution is -2.32. The molecule has 1 N–H and O–H groups in total. The standard InChI is InChI=1S/C18H22N2O2S/c1-13-7-8-16(22-2)14(11-13)19-18(21)12-20-9-3-5-15(20)17-6-4-10-23-17/h4,6-8,10-11,15H,3,5,9,12H2,1-2H3,(H,19,21)/t15-/m1/s1. The molecule has 1 fully saturated rings. The minimum absolute atomic E-state index is 0.0114. The molecule has 0 saturated carbocycles. The maximum atomic E-state index is 12.5. The molecule has 1 aliphatic rings. The first-order valence-corrected chi connectivity index (χ1v) is 8.77. The average Bonchev–Trinajstić information content (AvgIpc) is 3.18. The predicted molar refractivity (Wildman–Crippen MR) is 94.2 cm³/mol. The Morgan fingerprint density at radius 1 is 1.43 bits per heavy atom. The topological polar surface area (TPSA) is 41.6 Å². The van der Waals surface area contributed by atoms with E-state index in [9.17, 15) is 4.79 Å². The highest BCUT2D eigenvalue weighted by atomic mass is 32.1. The summed E-state index contributed by atoms with van der Waals surface area (Å²) in [5, 5.41) is 5.09. The first kappa shape index (κ1) is 16.0. The van der Waals surface area contributed by atoms with E-state index < -0.39 is 0 Å². The fraction of sp³-hybridized carbons (Fsp3) is 0.389. The van der Waals surface area contributed by atoms with Crippen molar-refractivity contribution < 1.29 is 9.53 Å². The Kier molecular flexibility index (Phi) is 4.98. The molecule has 0 unspecified atom stereocenters. The molecule has 0 radical (unpaired) electrons. The number of nitrogens with zero attached hydrogens (tertiary/aromatic N) is 1. The second-order valence-electron chi connectivity index (χ2n) is 5.90. The minimum Gasteiger partial charge on any atom is -0.495 e. The number of hydrogen-bond donors (Lipinski definition) is 1. The van der Waals surface area contributed by atoms with Gasteiger partial charge in [0.15, 0.2) is 0 Å². The maximum Gasteiger partial charge on any atom is 0.238 e. The Balaban J connectivity index is 1.66. The quantitative estimate of drug-likeness (QED) is 0.905. The van der Waals surface area contributed by atoms with E-state index in [1.54, 1.807) is 18.4 Å². The van der Waals surface area contributed by atoms with Crippen molar-refractivity contribution in [1.29, 1.82) is 0 Å². The van der Waals surface area contributed by atoms with Gasteiger partial charge in [0.2, 0.25) is 5.91 Å². The summed E-state index contributed by atoms with van der Waals surface area (Å²) in [6.45, 7) is 3.39. The van der Waals surface area contributed by atoms with Crippen molar-refractivity contribution in [3.8, 4) is 5.75 Å². The van der Waals surface area contributed by atoms with Crippen molar-refractivity contribution in [2.75, 3.05) is 25.5 Å². The third kappa shape index (κ3) is 3.74. The van der Waals surface area contributed by atoms with Crippen molar-refractivity contribution >= 4 is 22.9 Å². The van der Waals surface area contributed by atoms with Crippen LogP contribution in [0, 0.1) is 6.92 Å². The molecular formula is C18H22N2O2S. The summed E-state index contributed by atoms with van der Waals surface area (Å²) in [6, 6.07) is 10.4. The number of hydrogen-bond acceptors (Lipinski definition) is 4. The van der Waals surface area contributed by atoms with Gasteiger partial charge in [-0.15, -0.1) is 11.3 Å². The van der Waals surface area contributed by atoms with Gasteiger partial charge in [0, 0.05) is 10.9 Å². The summed E-state index contributed by atoms with van der Waals surface area (Å²) >= 11 is 1.77. The van der Waals surface area contributed by atoms with Gasteiger partial charge in [0.05, 0.1) is 19.3 Å². The lowest BCUT2D eigenvalue weighted by atomic mass is 10.2. The number of carbonyl (C=O) groups excluding carboxylic acids is 1. The molecule has 0 aliphatic carbocycles. The van der Waals surface area contributed by atoms with Crippen molar-refractivity contribution in [1.82, 2.24) is 4.90 Å². The van der Waals surface area contributed by atoms with E-state index in [0.29, 0.717) is 18.3 Å². The lowest BCUT2D eigenvalue weighted by molar-refractivity contribution is -0.117. The highest BCUT2D eigenvalue weighted by Crippen LogP contribution is 2.34. The Labute approximate surface area is 141 Å². The number of ether oxygens (including phenoxy) is 1. The van der Waals surface area contributed by atoms with Crippen LogP contribution in [0.3, 0.4) is 0 Å². The van der Waals surface area contributed by atoms with Gasteiger partial charge in [0.25, 0.3) is 0 Å². The zero-order valence-corrected chi connectivity index (χ0v) is 14.4. The first-order valence-electron chi connectivity index (χ1n) is 7.89. The van der Waals surface area contributed by atoms with Crippen LogP contribution in [0.2, 0.25) is 0 Å². The molecule has 1 amide bonds. The summed E-state index contributed by atoms with van der Waals surface area (Å²) in [6.07, 6.45) is 2.27. The van der Waals surface area contributed by atoms with E-state index in [1.807, 2.05) is 25.1 Å². The summed E-state index contributed by atoms with van der Waals surface area (Å²) in [4.78, 5) is 16.1. The van der Waals surface area contributed by atoms with Gasteiger partial charge in [0.1, 0.15) is 5.75 Å². The number of likely N-dealkylation sites (tertiary alicyclic amines) is 1. The number of nitrogens with one attached hydrogen (secondary N) is 1. The Morgan fingerprint density at radius 3 is 3.04 bits per heavy atom. The van der Waals surface area contributed by atoms with Gasteiger partial charge in [-0.3, -0.25) is 9.69 Å². The van der Waals surface area contributed by atoms with Gasteiger partial charge in [-0.05, 0) is 55.5 Å². The molecule has 1 aromatic heterocycles. The molecule has 1 aliphatic heterocycles. The van der Waals surface area contributed by atoms with Crippen LogP contribution >= 0.6 is 11.3 Å². The van der Waals surface area contributed by atoms with Crippen LogP contribution in [0.5, 0.6) is 5.75 Å². The van der Waals surface area contributed by atoms with E-state index in [-0.39, 0.29) is 5.91 Å². The number of rotatable bonds is 5. The largest absolute Gasteiger partial charge is 0.495 e. The van der Waals surface area contributed by atoms with Crippen LogP contribution in [-0.2, 0) is 4.79 Å². The lowest BCUT2D eigenvalue weighted by Gasteiger charge is -2.23. The van der Waals surface area contributed by atoms with Crippen LogP contribution in [-0.4, -0.2) is 31.0 Å².